The molecule has 0 fully saturated rings. The lowest BCUT2D eigenvalue weighted by Gasteiger charge is -2.12. The van der Waals surface area contributed by atoms with Crippen molar-refractivity contribution in [3.8, 4) is 11.5 Å². The van der Waals surface area contributed by atoms with Crippen LogP contribution in [0.5, 0.6) is 11.5 Å². The van der Waals surface area contributed by atoms with Crippen molar-refractivity contribution < 1.29 is 23.9 Å². The number of rotatable bonds is 8. The van der Waals surface area contributed by atoms with E-state index in [-0.39, 0.29) is 6.54 Å². The molecule has 0 aromatic heterocycles. The van der Waals surface area contributed by atoms with Crippen LogP contribution in [0.3, 0.4) is 0 Å². The van der Waals surface area contributed by atoms with Crippen molar-refractivity contribution in [1.82, 2.24) is 16.2 Å². The molecule has 2 aromatic rings. The van der Waals surface area contributed by atoms with Crippen LogP contribution in [-0.4, -0.2) is 37.5 Å². The van der Waals surface area contributed by atoms with Gasteiger partial charge in [-0.05, 0) is 60.1 Å². The van der Waals surface area contributed by atoms with E-state index in [4.69, 9.17) is 9.47 Å². The zero-order chi connectivity index (χ0) is 21.2. The Hall–Kier alpha value is -3.07. The van der Waals surface area contributed by atoms with Gasteiger partial charge in [0.25, 0.3) is 17.7 Å². The SMILES string of the molecule is CCOc1ccc(C(=O)NCC(=O)NNC(=O)c2ccccc2Br)cc1OCC. The maximum Gasteiger partial charge on any atom is 0.270 e. The number of hydrogen-bond donors (Lipinski definition) is 3. The molecule has 3 amide bonds. The van der Waals surface area contributed by atoms with E-state index in [1.807, 2.05) is 13.8 Å². The highest BCUT2D eigenvalue weighted by atomic mass is 79.9. The summed E-state index contributed by atoms with van der Waals surface area (Å²) in [6.45, 7) is 4.26. The Morgan fingerprint density at radius 3 is 2.28 bits per heavy atom. The molecular formula is C20H22BrN3O5. The second kappa shape index (κ2) is 11.1. The summed E-state index contributed by atoms with van der Waals surface area (Å²) in [5.41, 5.74) is 5.24. The first-order valence-electron chi connectivity index (χ1n) is 8.97. The second-order valence-corrected chi connectivity index (χ2v) is 6.55. The lowest BCUT2D eigenvalue weighted by molar-refractivity contribution is -0.120. The van der Waals surface area contributed by atoms with Crippen molar-refractivity contribution in [3.63, 3.8) is 0 Å². The molecule has 0 radical (unpaired) electrons. The Labute approximate surface area is 177 Å². The number of amides is 3. The number of halogens is 1. The predicted molar refractivity (Wildman–Crippen MR) is 111 cm³/mol. The van der Waals surface area contributed by atoms with E-state index in [1.165, 1.54) is 0 Å². The highest BCUT2D eigenvalue weighted by molar-refractivity contribution is 9.10. The normalized spacial score (nSPS) is 10.0. The lowest BCUT2D eigenvalue weighted by Crippen LogP contribution is -2.46. The quantitative estimate of drug-likeness (QED) is 0.521. The first-order chi connectivity index (χ1) is 14.0. The van der Waals surface area contributed by atoms with Crippen LogP contribution in [0, 0.1) is 0 Å². The Morgan fingerprint density at radius 1 is 0.897 bits per heavy atom. The number of ether oxygens (including phenoxy) is 2. The third kappa shape index (κ3) is 6.49. The molecule has 0 saturated heterocycles. The highest BCUT2D eigenvalue weighted by Gasteiger charge is 2.14. The van der Waals surface area contributed by atoms with Crippen molar-refractivity contribution >= 4 is 33.7 Å². The van der Waals surface area contributed by atoms with Crippen LogP contribution >= 0.6 is 15.9 Å². The Balaban J connectivity index is 1.88. The third-order valence-electron chi connectivity index (χ3n) is 3.65. The number of hydrogen-bond acceptors (Lipinski definition) is 5. The van der Waals surface area contributed by atoms with Gasteiger partial charge in [0.15, 0.2) is 11.5 Å². The van der Waals surface area contributed by atoms with Crippen LogP contribution in [0.15, 0.2) is 46.9 Å². The van der Waals surface area contributed by atoms with E-state index < -0.39 is 17.7 Å². The minimum Gasteiger partial charge on any atom is -0.490 e. The van der Waals surface area contributed by atoms with Crippen molar-refractivity contribution in [2.45, 2.75) is 13.8 Å². The van der Waals surface area contributed by atoms with E-state index in [9.17, 15) is 14.4 Å². The molecule has 0 bridgehead atoms. The molecule has 0 unspecified atom stereocenters. The molecule has 0 atom stereocenters. The van der Waals surface area contributed by atoms with E-state index in [0.717, 1.165) is 0 Å². The minimum atomic E-state index is -0.574. The number of benzene rings is 2. The number of carbonyl (C=O) groups is 3. The second-order valence-electron chi connectivity index (χ2n) is 5.69. The number of nitrogens with one attached hydrogen (secondary N) is 3. The fourth-order valence-electron chi connectivity index (χ4n) is 2.34. The van der Waals surface area contributed by atoms with Gasteiger partial charge in [0.1, 0.15) is 0 Å². The molecule has 9 heteroatoms. The third-order valence-corrected chi connectivity index (χ3v) is 4.34. The summed E-state index contributed by atoms with van der Waals surface area (Å²) in [5.74, 6) is -0.522. The van der Waals surface area contributed by atoms with Crippen LogP contribution < -0.4 is 25.6 Å². The van der Waals surface area contributed by atoms with E-state index >= 15 is 0 Å². The summed E-state index contributed by atoms with van der Waals surface area (Å²) in [5, 5.41) is 2.49. The van der Waals surface area contributed by atoms with Gasteiger partial charge >= 0.3 is 0 Å². The zero-order valence-electron chi connectivity index (χ0n) is 16.1. The van der Waals surface area contributed by atoms with Crippen LogP contribution in [0.2, 0.25) is 0 Å². The molecule has 0 aliphatic carbocycles. The van der Waals surface area contributed by atoms with Gasteiger partial charge in [0, 0.05) is 10.0 Å². The minimum absolute atomic E-state index is 0.313. The van der Waals surface area contributed by atoms with Crippen molar-refractivity contribution in [2.75, 3.05) is 19.8 Å². The fraction of sp³-hybridized carbons (Fsp3) is 0.250. The Kier molecular flexibility index (Phi) is 8.47. The van der Waals surface area contributed by atoms with Crippen LogP contribution in [0.4, 0.5) is 0 Å². The fourth-order valence-corrected chi connectivity index (χ4v) is 2.80. The summed E-state index contributed by atoms with van der Waals surface area (Å²) in [6.07, 6.45) is 0. The molecule has 0 heterocycles. The summed E-state index contributed by atoms with van der Waals surface area (Å²) in [4.78, 5) is 36.3. The van der Waals surface area contributed by atoms with Crippen LogP contribution in [0.25, 0.3) is 0 Å². The molecule has 0 aliphatic rings. The van der Waals surface area contributed by atoms with Crippen molar-refractivity contribution in [2.24, 2.45) is 0 Å². The Bertz CT molecular complexity index is 888. The van der Waals surface area contributed by atoms with E-state index in [2.05, 4.69) is 32.1 Å². The molecule has 3 N–H and O–H groups in total. The molecule has 0 aliphatic heterocycles. The largest absolute Gasteiger partial charge is 0.490 e. The van der Waals surface area contributed by atoms with Crippen molar-refractivity contribution in [1.29, 1.82) is 0 Å². The van der Waals surface area contributed by atoms with Gasteiger partial charge in [-0.2, -0.15) is 0 Å². The molecule has 2 rings (SSSR count). The van der Waals surface area contributed by atoms with Gasteiger partial charge in [-0.3, -0.25) is 25.2 Å². The smallest absolute Gasteiger partial charge is 0.270 e. The van der Waals surface area contributed by atoms with Crippen LogP contribution in [0.1, 0.15) is 34.6 Å². The molecule has 154 valence electrons. The average molecular weight is 464 g/mol. The first-order valence-corrected chi connectivity index (χ1v) is 9.77. The standard InChI is InChI=1S/C20H22BrN3O5/c1-3-28-16-10-9-13(11-17(16)29-4-2)19(26)22-12-18(25)23-24-20(27)14-7-5-6-8-15(14)21/h5-11H,3-4,12H2,1-2H3,(H,22,26)(H,23,25)(H,24,27). The summed E-state index contributed by atoms with van der Waals surface area (Å²) in [6, 6.07) is 11.6. The predicted octanol–water partition coefficient (Wildman–Crippen LogP) is 2.44. The maximum absolute atomic E-state index is 12.3. The molecule has 0 saturated carbocycles. The lowest BCUT2D eigenvalue weighted by atomic mass is 10.2. The summed E-state index contributed by atoms with van der Waals surface area (Å²) in [7, 11) is 0. The van der Waals surface area contributed by atoms with Gasteiger partial charge in [0.05, 0.1) is 25.3 Å². The average Bonchev–Trinajstić information content (AvgIpc) is 2.72. The van der Waals surface area contributed by atoms with Gasteiger partial charge in [0.2, 0.25) is 0 Å². The topological polar surface area (TPSA) is 106 Å². The molecule has 8 nitrogen and oxygen atoms in total. The first kappa shape index (κ1) is 22.2. The van der Waals surface area contributed by atoms with E-state index in [0.29, 0.717) is 40.3 Å². The molecule has 0 spiro atoms. The summed E-state index contributed by atoms with van der Waals surface area (Å²) < 4.78 is 11.5. The molecule has 2 aromatic carbocycles. The van der Waals surface area contributed by atoms with Crippen LogP contribution in [-0.2, 0) is 4.79 Å². The monoisotopic (exact) mass is 463 g/mol. The van der Waals surface area contributed by atoms with Gasteiger partial charge in [-0.25, -0.2) is 0 Å². The summed E-state index contributed by atoms with van der Waals surface area (Å²) >= 11 is 3.26. The Morgan fingerprint density at radius 2 is 1.59 bits per heavy atom. The number of carbonyl (C=O) groups excluding carboxylic acids is 3. The van der Waals surface area contributed by atoms with Gasteiger partial charge < -0.3 is 14.8 Å². The van der Waals surface area contributed by atoms with Crippen molar-refractivity contribution in [3.05, 3.63) is 58.1 Å². The van der Waals surface area contributed by atoms with Gasteiger partial charge in [-0.15, -0.1) is 0 Å². The number of hydrazine groups is 1. The molecular weight excluding hydrogens is 442 g/mol. The molecule has 29 heavy (non-hydrogen) atoms. The maximum atomic E-state index is 12.3. The highest BCUT2D eigenvalue weighted by Crippen LogP contribution is 2.28. The van der Waals surface area contributed by atoms with E-state index in [1.54, 1.807) is 42.5 Å². The zero-order valence-corrected chi connectivity index (χ0v) is 17.7. The van der Waals surface area contributed by atoms with Gasteiger partial charge in [-0.1, -0.05) is 12.1 Å².